The summed E-state index contributed by atoms with van der Waals surface area (Å²) in [6.07, 6.45) is 5.39. The smallest absolute Gasteiger partial charge is 0.295 e. The van der Waals surface area contributed by atoms with Gasteiger partial charge < -0.3 is 4.74 Å². The van der Waals surface area contributed by atoms with E-state index in [0.717, 1.165) is 6.02 Å². The topological polar surface area (TPSA) is 33.6 Å². The van der Waals surface area contributed by atoms with Crippen LogP contribution in [0.4, 0.5) is 0 Å². The first kappa shape index (κ1) is 14.3. The van der Waals surface area contributed by atoms with E-state index in [4.69, 9.17) is 9.73 Å². The fourth-order valence-corrected chi connectivity index (χ4v) is 4.73. The van der Waals surface area contributed by atoms with Crippen LogP contribution in [0.2, 0.25) is 0 Å². The van der Waals surface area contributed by atoms with Gasteiger partial charge in [-0.2, -0.15) is 0 Å². The Kier molecular flexibility index (Phi) is 4.56. The Morgan fingerprint density at radius 3 is 2.95 bits per heavy atom. The van der Waals surface area contributed by atoms with Gasteiger partial charge in [0.2, 0.25) is 0 Å². The molecule has 3 unspecified atom stereocenters. The maximum Gasteiger partial charge on any atom is 0.295 e. The first-order valence-corrected chi connectivity index (χ1v) is 9.19. The highest BCUT2D eigenvalue weighted by Gasteiger charge is 2.33. The molecule has 5 heteroatoms. The molecule has 1 aliphatic carbocycles. The molecule has 3 rings (SSSR count). The van der Waals surface area contributed by atoms with Crippen LogP contribution in [-0.2, 0) is 4.74 Å². The van der Waals surface area contributed by atoms with Crippen LogP contribution in [0.1, 0.15) is 50.4 Å². The van der Waals surface area contributed by atoms with Crippen molar-refractivity contribution in [1.82, 2.24) is 4.72 Å². The molecule has 0 amide bonds. The Morgan fingerprint density at radius 1 is 1.35 bits per heavy atom. The maximum absolute atomic E-state index is 6.09. The Morgan fingerprint density at radius 2 is 2.20 bits per heavy atom. The lowest BCUT2D eigenvalue weighted by Gasteiger charge is -2.36. The highest BCUT2D eigenvalue weighted by Crippen LogP contribution is 2.34. The number of rotatable bonds is 3. The molecule has 0 bridgehead atoms. The Bertz CT molecular complexity index is 458. The molecular weight excluding hydrogens is 288 g/mol. The summed E-state index contributed by atoms with van der Waals surface area (Å²) in [5.74, 6) is 0.473. The lowest BCUT2D eigenvalue weighted by Crippen LogP contribution is -2.43. The second kappa shape index (κ2) is 6.39. The maximum atomic E-state index is 6.09. The summed E-state index contributed by atoms with van der Waals surface area (Å²) in [5.41, 5.74) is 0. The predicted octanol–water partition coefficient (Wildman–Crippen LogP) is 4.38. The molecule has 1 aromatic heterocycles. The molecule has 2 aliphatic rings. The summed E-state index contributed by atoms with van der Waals surface area (Å²) in [4.78, 5) is 6.16. The molecule has 110 valence electrons. The average molecular weight is 310 g/mol. The van der Waals surface area contributed by atoms with Crippen molar-refractivity contribution in [1.29, 1.82) is 0 Å². The molecule has 0 aromatic carbocycles. The lowest BCUT2D eigenvalue weighted by molar-refractivity contribution is 0.137. The second-order valence-corrected chi connectivity index (χ2v) is 7.86. The van der Waals surface area contributed by atoms with Crippen molar-refractivity contribution in [2.24, 2.45) is 10.9 Å². The van der Waals surface area contributed by atoms with E-state index < -0.39 is 0 Å². The monoisotopic (exact) mass is 310 g/mol. The Labute approximate surface area is 129 Å². The number of nitrogens with one attached hydrogen (secondary N) is 1. The number of hydrogen-bond donors (Lipinski definition) is 1. The fraction of sp³-hybridized carbons (Fsp3) is 0.667. The third-order valence-electron chi connectivity index (χ3n) is 3.93. The van der Waals surface area contributed by atoms with Gasteiger partial charge in [0, 0.05) is 4.88 Å². The first-order valence-electron chi connectivity index (χ1n) is 7.43. The van der Waals surface area contributed by atoms with Crippen LogP contribution in [0.25, 0.3) is 0 Å². The summed E-state index contributed by atoms with van der Waals surface area (Å²) in [6, 6.07) is 5.18. The zero-order chi connectivity index (χ0) is 13.9. The van der Waals surface area contributed by atoms with E-state index in [1.807, 2.05) is 0 Å². The van der Waals surface area contributed by atoms with Crippen molar-refractivity contribution in [3.05, 3.63) is 22.4 Å². The molecular formula is C15H22N2OS2. The van der Waals surface area contributed by atoms with E-state index in [9.17, 15) is 0 Å². The van der Waals surface area contributed by atoms with Gasteiger partial charge in [0.25, 0.3) is 6.02 Å². The van der Waals surface area contributed by atoms with Gasteiger partial charge in [-0.25, -0.2) is 4.99 Å². The van der Waals surface area contributed by atoms with Crippen LogP contribution < -0.4 is 4.72 Å². The van der Waals surface area contributed by atoms with E-state index in [2.05, 4.69) is 36.1 Å². The molecule has 2 fully saturated rings. The molecule has 1 saturated carbocycles. The second-order valence-electron chi connectivity index (χ2n) is 5.84. The molecule has 3 nitrogen and oxygen atoms in total. The number of amidine groups is 1. The molecule has 0 spiro atoms. The summed E-state index contributed by atoms with van der Waals surface area (Å²) in [7, 11) is 0. The standard InChI is InChI=1S/C15H22N2OS2/c1-10(2)14(13-8-5-9-19-13)16-15-17-20-12-7-4-3-6-11(12)18-15/h5,8-12,14H,3-4,6-7H2,1-2H3,(H,16,17). The SMILES string of the molecule is CC(C)C(N=C1NSC2CCCCC2O1)c1cccs1. The number of fused-ring (bicyclic) bond motifs is 1. The van der Waals surface area contributed by atoms with Gasteiger partial charge in [-0.05, 0) is 48.6 Å². The molecule has 1 aliphatic heterocycles. The highest BCUT2D eigenvalue weighted by molar-refractivity contribution is 7.98. The van der Waals surface area contributed by atoms with Gasteiger partial charge in [0.1, 0.15) is 6.10 Å². The molecule has 1 N–H and O–H groups in total. The van der Waals surface area contributed by atoms with Crippen LogP contribution in [0.3, 0.4) is 0 Å². The number of aliphatic imine (C=N–C) groups is 1. The predicted molar refractivity (Wildman–Crippen MR) is 87.2 cm³/mol. The average Bonchev–Trinajstić information content (AvgIpc) is 2.98. The zero-order valence-corrected chi connectivity index (χ0v) is 13.7. The largest absolute Gasteiger partial charge is 0.460 e. The van der Waals surface area contributed by atoms with E-state index in [1.54, 1.807) is 23.3 Å². The fourth-order valence-electron chi connectivity index (χ4n) is 2.81. The van der Waals surface area contributed by atoms with Gasteiger partial charge in [-0.15, -0.1) is 11.3 Å². The van der Waals surface area contributed by atoms with Crippen LogP contribution in [-0.4, -0.2) is 17.4 Å². The minimum Gasteiger partial charge on any atom is -0.460 e. The first-order chi connectivity index (χ1) is 9.74. The van der Waals surface area contributed by atoms with E-state index >= 15 is 0 Å². The number of hydrogen-bond acceptors (Lipinski definition) is 4. The highest BCUT2D eigenvalue weighted by atomic mass is 32.2. The van der Waals surface area contributed by atoms with Gasteiger partial charge >= 0.3 is 0 Å². The van der Waals surface area contributed by atoms with E-state index in [-0.39, 0.29) is 6.04 Å². The third-order valence-corrected chi connectivity index (χ3v) is 6.00. The van der Waals surface area contributed by atoms with Crippen molar-refractivity contribution in [3.63, 3.8) is 0 Å². The molecule has 20 heavy (non-hydrogen) atoms. The zero-order valence-electron chi connectivity index (χ0n) is 12.0. The van der Waals surface area contributed by atoms with Crippen molar-refractivity contribution >= 4 is 29.3 Å². The van der Waals surface area contributed by atoms with Gasteiger partial charge in [-0.1, -0.05) is 26.3 Å². The van der Waals surface area contributed by atoms with Crippen molar-refractivity contribution in [2.45, 2.75) is 56.9 Å². The summed E-state index contributed by atoms with van der Waals surface area (Å²) >= 11 is 3.58. The van der Waals surface area contributed by atoms with E-state index in [0.29, 0.717) is 17.3 Å². The Hall–Kier alpha value is -0.680. The molecule has 1 saturated heterocycles. The molecule has 3 atom stereocenters. The number of nitrogens with zero attached hydrogens (tertiary/aromatic N) is 1. The Balaban J connectivity index is 1.73. The summed E-state index contributed by atoms with van der Waals surface area (Å²) < 4.78 is 9.41. The van der Waals surface area contributed by atoms with Crippen LogP contribution in [0.5, 0.6) is 0 Å². The number of thiophene rings is 1. The van der Waals surface area contributed by atoms with Crippen molar-refractivity contribution in [3.8, 4) is 0 Å². The lowest BCUT2D eigenvalue weighted by atomic mass is 9.97. The summed E-state index contributed by atoms with van der Waals surface area (Å²) in [5, 5.41) is 2.72. The molecule has 1 aromatic rings. The van der Waals surface area contributed by atoms with Gasteiger partial charge in [0.15, 0.2) is 0 Å². The quantitative estimate of drug-likeness (QED) is 0.841. The van der Waals surface area contributed by atoms with Crippen LogP contribution in [0.15, 0.2) is 22.5 Å². The minimum atomic E-state index is 0.193. The minimum absolute atomic E-state index is 0.193. The van der Waals surface area contributed by atoms with Crippen molar-refractivity contribution in [2.75, 3.05) is 0 Å². The molecule has 2 heterocycles. The third kappa shape index (κ3) is 3.14. The molecule has 0 radical (unpaired) electrons. The van der Waals surface area contributed by atoms with Gasteiger partial charge in [0.05, 0.1) is 11.3 Å². The van der Waals surface area contributed by atoms with E-state index in [1.165, 1.54) is 30.6 Å². The van der Waals surface area contributed by atoms with Crippen LogP contribution in [0, 0.1) is 5.92 Å². The van der Waals surface area contributed by atoms with Gasteiger partial charge in [-0.3, -0.25) is 4.72 Å². The number of ether oxygens (including phenoxy) is 1. The summed E-state index contributed by atoms with van der Waals surface area (Å²) in [6.45, 7) is 4.43. The van der Waals surface area contributed by atoms with Crippen LogP contribution >= 0.6 is 23.3 Å². The van der Waals surface area contributed by atoms with Crippen molar-refractivity contribution < 1.29 is 4.74 Å². The normalized spacial score (nSPS) is 29.6.